The number of rotatable bonds is 6. The van der Waals surface area contributed by atoms with E-state index in [1.165, 1.54) is 18.4 Å². The quantitative estimate of drug-likeness (QED) is 0.403. The fourth-order valence-electron chi connectivity index (χ4n) is 4.84. The minimum atomic E-state index is -0.277. The van der Waals surface area contributed by atoms with Gasteiger partial charge in [0.1, 0.15) is 5.82 Å². The van der Waals surface area contributed by atoms with Crippen LogP contribution in [0.1, 0.15) is 40.9 Å². The molecule has 2 aromatic carbocycles. The number of piperidine rings is 1. The van der Waals surface area contributed by atoms with E-state index in [9.17, 15) is 14.0 Å². The molecule has 6 nitrogen and oxygen atoms in total. The van der Waals surface area contributed by atoms with Crippen molar-refractivity contribution in [3.8, 4) is 11.3 Å². The van der Waals surface area contributed by atoms with E-state index in [-0.39, 0.29) is 23.7 Å². The molecular weight excluding hydrogens is 445 g/mol. The molecule has 1 fully saturated rings. The molecule has 1 saturated heterocycles. The minimum absolute atomic E-state index is 0.0229. The molecule has 0 unspecified atom stereocenters. The Morgan fingerprint density at radius 1 is 1.09 bits per heavy atom. The molecule has 0 bridgehead atoms. The van der Waals surface area contributed by atoms with Crippen LogP contribution in [0.15, 0.2) is 65.3 Å². The molecule has 180 valence electrons. The fraction of sp³-hybridized carbons (Fsp3) is 0.286. The number of aromatic amines is 1. The topological polar surface area (TPSA) is 78.3 Å². The number of nitrogens with one attached hydrogen (secondary N) is 2. The molecule has 2 aromatic heterocycles. The monoisotopic (exact) mass is 473 g/mol. The van der Waals surface area contributed by atoms with Gasteiger partial charge in [-0.25, -0.2) is 4.39 Å². The van der Waals surface area contributed by atoms with Crippen LogP contribution in [0.3, 0.4) is 0 Å². The molecule has 5 rings (SSSR count). The van der Waals surface area contributed by atoms with Crippen LogP contribution in [0.4, 0.5) is 4.39 Å². The highest BCUT2D eigenvalue weighted by atomic mass is 19.1. The van der Waals surface area contributed by atoms with E-state index in [2.05, 4.69) is 10.3 Å². The number of likely N-dealkylation sites (tertiary alicyclic amines) is 1. The molecule has 4 aromatic rings. The average Bonchev–Trinajstić information content (AvgIpc) is 3.47. The van der Waals surface area contributed by atoms with Gasteiger partial charge in [0.05, 0.1) is 6.26 Å². The van der Waals surface area contributed by atoms with Crippen molar-refractivity contribution < 1.29 is 18.4 Å². The molecule has 0 aliphatic carbocycles. The first-order valence-electron chi connectivity index (χ1n) is 12.0. The Morgan fingerprint density at radius 3 is 2.54 bits per heavy atom. The third-order valence-electron chi connectivity index (χ3n) is 6.79. The Morgan fingerprint density at radius 2 is 1.83 bits per heavy atom. The van der Waals surface area contributed by atoms with E-state index in [4.69, 9.17) is 4.42 Å². The minimum Gasteiger partial charge on any atom is -0.459 e. The number of amides is 2. The maximum Gasteiger partial charge on any atom is 0.287 e. The van der Waals surface area contributed by atoms with E-state index in [1.54, 1.807) is 18.2 Å². The zero-order valence-corrected chi connectivity index (χ0v) is 19.6. The molecule has 3 heterocycles. The highest BCUT2D eigenvalue weighted by Gasteiger charge is 2.25. The van der Waals surface area contributed by atoms with Crippen molar-refractivity contribution in [1.29, 1.82) is 0 Å². The van der Waals surface area contributed by atoms with Crippen LogP contribution in [0.2, 0.25) is 0 Å². The zero-order chi connectivity index (χ0) is 24.4. The van der Waals surface area contributed by atoms with Gasteiger partial charge in [0, 0.05) is 47.7 Å². The van der Waals surface area contributed by atoms with Crippen molar-refractivity contribution in [1.82, 2.24) is 15.2 Å². The first kappa shape index (κ1) is 22.9. The van der Waals surface area contributed by atoms with Gasteiger partial charge in [-0.2, -0.15) is 0 Å². The number of benzene rings is 2. The maximum atomic E-state index is 13.5. The zero-order valence-electron chi connectivity index (χ0n) is 19.6. The summed E-state index contributed by atoms with van der Waals surface area (Å²) >= 11 is 0. The van der Waals surface area contributed by atoms with Gasteiger partial charge in [-0.15, -0.1) is 0 Å². The highest BCUT2D eigenvalue weighted by molar-refractivity contribution is 5.93. The summed E-state index contributed by atoms with van der Waals surface area (Å²) in [5, 5.41) is 4.10. The third-order valence-corrected chi connectivity index (χ3v) is 6.79. The third kappa shape index (κ3) is 4.85. The van der Waals surface area contributed by atoms with E-state index in [0.29, 0.717) is 44.5 Å². The number of halogens is 1. The van der Waals surface area contributed by atoms with Crippen molar-refractivity contribution in [2.75, 3.05) is 13.1 Å². The number of fused-ring (bicyclic) bond motifs is 1. The van der Waals surface area contributed by atoms with Crippen LogP contribution in [0.5, 0.6) is 0 Å². The summed E-state index contributed by atoms with van der Waals surface area (Å²) in [5.74, 6) is -0.0309. The largest absolute Gasteiger partial charge is 0.459 e. The average molecular weight is 474 g/mol. The van der Waals surface area contributed by atoms with Crippen LogP contribution < -0.4 is 5.32 Å². The van der Waals surface area contributed by atoms with Gasteiger partial charge >= 0.3 is 0 Å². The van der Waals surface area contributed by atoms with Gasteiger partial charge in [0.2, 0.25) is 5.91 Å². The lowest BCUT2D eigenvalue weighted by molar-refractivity contribution is -0.132. The number of para-hydroxylation sites is 1. The number of furan rings is 1. The Labute approximate surface area is 203 Å². The Kier molecular flexibility index (Phi) is 6.40. The second-order valence-electron chi connectivity index (χ2n) is 9.09. The second-order valence-corrected chi connectivity index (χ2v) is 9.09. The molecule has 0 radical (unpaired) electrons. The lowest BCUT2D eigenvalue weighted by atomic mass is 10.00. The number of H-pyrrole nitrogens is 1. The Bertz CT molecular complexity index is 1350. The summed E-state index contributed by atoms with van der Waals surface area (Å²) in [4.78, 5) is 30.8. The summed E-state index contributed by atoms with van der Waals surface area (Å²) in [6.45, 7) is 3.06. The summed E-state index contributed by atoms with van der Waals surface area (Å²) in [5.41, 5.74) is 4.70. The van der Waals surface area contributed by atoms with Crippen molar-refractivity contribution in [3.63, 3.8) is 0 Å². The van der Waals surface area contributed by atoms with Crippen LogP contribution in [0, 0.1) is 12.7 Å². The highest BCUT2D eigenvalue weighted by Crippen LogP contribution is 2.31. The van der Waals surface area contributed by atoms with Crippen LogP contribution >= 0.6 is 0 Å². The lowest BCUT2D eigenvalue weighted by Gasteiger charge is -2.32. The van der Waals surface area contributed by atoms with Crippen LogP contribution in [-0.2, 0) is 11.2 Å². The van der Waals surface area contributed by atoms with Gasteiger partial charge < -0.3 is 19.6 Å². The molecular formula is C28H28FN3O3. The van der Waals surface area contributed by atoms with Gasteiger partial charge in [-0.3, -0.25) is 9.59 Å². The SMILES string of the molecule is Cc1ccoc1C(=O)NC1CCN(C(=O)CCc2c(-c3ccc(F)cc3)[nH]c3ccccc23)CC1. The van der Waals surface area contributed by atoms with Crippen molar-refractivity contribution in [2.45, 2.75) is 38.6 Å². The summed E-state index contributed by atoms with van der Waals surface area (Å²) in [6, 6.07) is 16.2. The molecule has 0 spiro atoms. The van der Waals surface area contributed by atoms with Crippen LogP contribution in [0.25, 0.3) is 22.2 Å². The molecule has 2 N–H and O–H groups in total. The number of aromatic nitrogens is 1. The molecule has 7 heteroatoms. The maximum absolute atomic E-state index is 13.5. The number of aryl methyl sites for hydroxylation is 2. The smallest absolute Gasteiger partial charge is 0.287 e. The molecule has 0 atom stereocenters. The fourth-order valence-corrected chi connectivity index (χ4v) is 4.84. The normalized spacial score (nSPS) is 14.4. The van der Waals surface area contributed by atoms with E-state index in [0.717, 1.165) is 33.3 Å². The van der Waals surface area contributed by atoms with Gasteiger partial charge in [-0.1, -0.05) is 18.2 Å². The molecule has 35 heavy (non-hydrogen) atoms. The summed E-state index contributed by atoms with van der Waals surface area (Å²) in [6.07, 6.45) is 3.92. The second kappa shape index (κ2) is 9.78. The predicted molar refractivity (Wildman–Crippen MR) is 133 cm³/mol. The van der Waals surface area contributed by atoms with E-state index in [1.807, 2.05) is 36.1 Å². The van der Waals surface area contributed by atoms with Crippen molar-refractivity contribution in [3.05, 3.63) is 83.6 Å². The van der Waals surface area contributed by atoms with Gasteiger partial charge in [0.25, 0.3) is 5.91 Å². The van der Waals surface area contributed by atoms with Crippen molar-refractivity contribution in [2.24, 2.45) is 0 Å². The van der Waals surface area contributed by atoms with Gasteiger partial charge in [0.15, 0.2) is 5.76 Å². The Hall–Kier alpha value is -3.87. The Balaban J connectivity index is 1.22. The number of hydrogen-bond acceptors (Lipinski definition) is 3. The summed E-state index contributed by atoms with van der Waals surface area (Å²) in [7, 11) is 0. The van der Waals surface area contributed by atoms with Crippen molar-refractivity contribution >= 4 is 22.7 Å². The standard InChI is InChI=1S/C28H28FN3O3/c1-18-14-17-35-27(18)28(34)30-21-12-15-32(16-13-21)25(33)11-10-23-22-4-2-3-5-24(22)31-26(23)19-6-8-20(29)9-7-19/h2-9,14,17,21,31H,10-13,15-16H2,1H3,(H,30,34). The molecule has 0 saturated carbocycles. The predicted octanol–water partition coefficient (Wildman–Crippen LogP) is 5.23. The first-order valence-corrected chi connectivity index (χ1v) is 12.0. The molecule has 1 aliphatic rings. The number of nitrogens with zero attached hydrogens (tertiary/aromatic N) is 1. The van der Waals surface area contributed by atoms with E-state index < -0.39 is 0 Å². The number of carbonyl (C=O) groups is 2. The number of hydrogen-bond donors (Lipinski definition) is 2. The van der Waals surface area contributed by atoms with Gasteiger partial charge in [-0.05, 0) is 73.7 Å². The number of carbonyl (C=O) groups excluding carboxylic acids is 2. The molecule has 2 amide bonds. The van der Waals surface area contributed by atoms with E-state index >= 15 is 0 Å². The lowest BCUT2D eigenvalue weighted by Crippen LogP contribution is -2.46. The van der Waals surface area contributed by atoms with Crippen LogP contribution in [-0.4, -0.2) is 40.8 Å². The summed E-state index contributed by atoms with van der Waals surface area (Å²) < 4.78 is 18.7. The molecule has 1 aliphatic heterocycles. The first-order chi connectivity index (χ1) is 17.0.